The van der Waals surface area contributed by atoms with Crippen LogP contribution in [0, 0.1) is 42.9 Å². The lowest BCUT2D eigenvalue weighted by Crippen LogP contribution is -2.48. The summed E-state index contributed by atoms with van der Waals surface area (Å²) in [6.07, 6.45) is 12.9. The molecule has 2 aromatic carbocycles. The fraction of sp³-hybridized carbons (Fsp3) is 0.389. The average molecular weight is 543 g/mol. The lowest BCUT2D eigenvalue weighted by atomic mass is 9.48. The van der Waals surface area contributed by atoms with E-state index in [1.807, 2.05) is 24.4 Å². The van der Waals surface area contributed by atoms with Crippen LogP contribution < -0.4 is 5.32 Å². The zero-order valence-corrected chi connectivity index (χ0v) is 24.0. The summed E-state index contributed by atoms with van der Waals surface area (Å²) >= 11 is 0. The number of nitriles is 1. The minimum atomic E-state index is -0.336. The van der Waals surface area contributed by atoms with Gasteiger partial charge in [-0.3, -0.25) is 4.79 Å². The summed E-state index contributed by atoms with van der Waals surface area (Å²) in [6, 6.07) is 21.6. The maximum absolute atomic E-state index is 12.9. The Morgan fingerprint density at radius 1 is 1.05 bits per heavy atom. The number of amides is 1. The highest BCUT2D eigenvalue weighted by molar-refractivity contribution is 6.01. The van der Waals surface area contributed by atoms with Crippen LogP contribution in [0.5, 0.6) is 0 Å². The molecule has 0 atom stereocenters. The SMILES string of the molecule is Cc1cc(/C=C(\C#N)C(=O)NCCc2c[nH]c3ccccc23)c(C)n1-c1ccc(C23CC4CC(CC(C4)C2)C3)cc1. The van der Waals surface area contributed by atoms with Crippen molar-refractivity contribution in [2.45, 2.75) is 64.2 Å². The molecule has 4 aliphatic carbocycles. The van der Waals surface area contributed by atoms with Crippen molar-refractivity contribution >= 4 is 22.9 Å². The summed E-state index contributed by atoms with van der Waals surface area (Å²) in [5.74, 6) is 2.47. The Kier molecular flexibility index (Phi) is 6.38. The Balaban J connectivity index is 1.06. The van der Waals surface area contributed by atoms with E-state index in [0.717, 1.165) is 56.9 Å². The van der Waals surface area contributed by atoms with Crippen molar-refractivity contribution < 1.29 is 4.79 Å². The van der Waals surface area contributed by atoms with Crippen LogP contribution >= 0.6 is 0 Å². The molecule has 0 unspecified atom stereocenters. The molecule has 2 aromatic heterocycles. The molecule has 0 aliphatic heterocycles. The minimum Gasteiger partial charge on any atom is -0.361 e. The number of carbonyl (C=O) groups excluding carboxylic acids is 1. The van der Waals surface area contributed by atoms with Crippen LogP contribution in [0.2, 0.25) is 0 Å². The lowest BCUT2D eigenvalue weighted by Gasteiger charge is -2.57. The maximum atomic E-state index is 12.9. The molecule has 41 heavy (non-hydrogen) atoms. The normalized spacial score (nSPS) is 25.0. The summed E-state index contributed by atoms with van der Waals surface area (Å²) in [6.45, 7) is 4.62. The van der Waals surface area contributed by atoms with Crippen molar-refractivity contribution in [1.82, 2.24) is 14.9 Å². The number of benzene rings is 2. The topological polar surface area (TPSA) is 73.6 Å². The molecule has 2 N–H and O–H groups in total. The molecule has 0 saturated heterocycles. The number of nitrogens with one attached hydrogen (secondary N) is 2. The van der Waals surface area contributed by atoms with Gasteiger partial charge in [0.15, 0.2) is 0 Å². The summed E-state index contributed by atoms with van der Waals surface area (Å²) in [5.41, 5.74) is 8.44. The van der Waals surface area contributed by atoms with Crippen molar-refractivity contribution in [2.75, 3.05) is 6.54 Å². The van der Waals surface area contributed by atoms with Crippen LogP contribution in [0.1, 0.15) is 66.6 Å². The number of nitrogens with zero attached hydrogens (tertiary/aromatic N) is 2. The van der Waals surface area contributed by atoms with E-state index in [1.165, 1.54) is 44.1 Å². The first-order valence-corrected chi connectivity index (χ1v) is 15.2. The second-order valence-electron chi connectivity index (χ2n) is 12.9. The first-order chi connectivity index (χ1) is 19.9. The zero-order valence-electron chi connectivity index (χ0n) is 24.0. The van der Waals surface area contributed by atoms with E-state index in [1.54, 1.807) is 6.08 Å². The van der Waals surface area contributed by atoms with Crippen molar-refractivity contribution in [3.8, 4) is 11.8 Å². The van der Waals surface area contributed by atoms with Crippen molar-refractivity contribution in [2.24, 2.45) is 17.8 Å². The molecule has 5 nitrogen and oxygen atoms in total. The van der Waals surface area contributed by atoms with Gasteiger partial charge >= 0.3 is 0 Å². The smallest absolute Gasteiger partial charge is 0.261 e. The summed E-state index contributed by atoms with van der Waals surface area (Å²) < 4.78 is 2.24. The fourth-order valence-corrected chi connectivity index (χ4v) is 8.81. The highest BCUT2D eigenvalue weighted by Gasteiger charge is 2.51. The third kappa shape index (κ3) is 4.60. The van der Waals surface area contributed by atoms with Gasteiger partial charge < -0.3 is 14.9 Å². The fourth-order valence-electron chi connectivity index (χ4n) is 8.81. The lowest BCUT2D eigenvalue weighted by molar-refractivity contribution is -0.117. The second-order valence-corrected chi connectivity index (χ2v) is 12.9. The van der Waals surface area contributed by atoms with Gasteiger partial charge in [-0.1, -0.05) is 30.3 Å². The molecule has 4 saturated carbocycles. The Hall–Kier alpha value is -4.04. The van der Waals surface area contributed by atoms with Gasteiger partial charge in [-0.25, -0.2) is 0 Å². The van der Waals surface area contributed by atoms with Gasteiger partial charge in [-0.15, -0.1) is 0 Å². The van der Waals surface area contributed by atoms with Crippen LogP contribution in [-0.4, -0.2) is 22.0 Å². The van der Waals surface area contributed by atoms with Gasteiger partial charge in [0.05, 0.1) is 0 Å². The Morgan fingerprint density at radius 2 is 1.73 bits per heavy atom. The number of aromatic nitrogens is 2. The van der Waals surface area contributed by atoms with Crippen molar-refractivity contribution in [3.05, 3.63) is 94.4 Å². The molecule has 8 rings (SSSR count). The molecule has 0 radical (unpaired) electrons. The molecule has 5 heteroatoms. The molecule has 1 amide bonds. The van der Waals surface area contributed by atoms with E-state index in [2.05, 4.69) is 71.2 Å². The van der Waals surface area contributed by atoms with Gasteiger partial charge in [0.25, 0.3) is 5.91 Å². The van der Waals surface area contributed by atoms with Crippen LogP contribution in [0.15, 0.2) is 66.4 Å². The number of fused-ring (bicyclic) bond motifs is 1. The number of hydrogen-bond acceptors (Lipinski definition) is 2. The predicted octanol–water partition coefficient (Wildman–Crippen LogP) is 7.31. The van der Waals surface area contributed by atoms with Crippen LogP contribution in [0.3, 0.4) is 0 Å². The monoisotopic (exact) mass is 542 g/mol. The average Bonchev–Trinajstić information content (AvgIpc) is 3.50. The number of para-hydroxylation sites is 1. The first-order valence-electron chi connectivity index (χ1n) is 15.2. The number of hydrogen-bond donors (Lipinski definition) is 2. The summed E-state index contributed by atoms with van der Waals surface area (Å²) in [4.78, 5) is 16.2. The van der Waals surface area contributed by atoms with E-state index in [-0.39, 0.29) is 11.5 Å². The molecule has 4 aromatic rings. The Bertz CT molecular complexity index is 1660. The van der Waals surface area contributed by atoms with E-state index < -0.39 is 0 Å². The number of aryl methyl sites for hydroxylation is 1. The molecule has 4 aliphatic rings. The highest BCUT2D eigenvalue weighted by Crippen LogP contribution is 2.60. The van der Waals surface area contributed by atoms with Gasteiger partial charge in [0, 0.05) is 40.7 Å². The van der Waals surface area contributed by atoms with Gasteiger partial charge in [-0.2, -0.15) is 5.26 Å². The van der Waals surface area contributed by atoms with Crippen LogP contribution in [-0.2, 0) is 16.6 Å². The Labute approximate surface area is 242 Å². The molecule has 2 heterocycles. The van der Waals surface area contributed by atoms with Gasteiger partial charge in [0.2, 0.25) is 0 Å². The molecule has 4 fully saturated rings. The number of H-pyrrole nitrogens is 1. The number of carbonyl (C=O) groups is 1. The van der Waals surface area contributed by atoms with Crippen LogP contribution in [0.4, 0.5) is 0 Å². The minimum absolute atomic E-state index is 0.126. The molecule has 208 valence electrons. The van der Waals surface area contributed by atoms with Crippen molar-refractivity contribution in [3.63, 3.8) is 0 Å². The molecule has 4 bridgehead atoms. The maximum Gasteiger partial charge on any atom is 0.261 e. The summed E-state index contributed by atoms with van der Waals surface area (Å²) in [7, 11) is 0. The largest absolute Gasteiger partial charge is 0.361 e. The molecular formula is C36H38N4O. The van der Waals surface area contributed by atoms with E-state index in [4.69, 9.17) is 0 Å². The Morgan fingerprint density at radius 3 is 2.41 bits per heavy atom. The first kappa shape index (κ1) is 25.9. The zero-order chi connectivity index (χ0) is 28.1. The van der Waals surface area contributed by atoms with Gasteiger partial charge in [-0.05, 0) is 129 Å². The predicted molar refractivity (Wildman–Crippen MR) is 164 cm³/mol. The van der Waals surface area contributed by atoms with Crippen molar-refractivity contribution in [1.29, 1.82) is 5.26 Å². The number of aromatic amines is 1. The molecule has 0 spiro atoms. The second kappa shape index (κ2) is 10.1. The summed E-state index contributed by atoms with van der Waals surface area (Å²) in [5, 5.41) is 13.9. The highest BCUT2D eigenvalue weighted by atomic mass is 16.1. The van der Waals surface area contributed by atoms with E-state index in [0.29, 0.717) is 18.4 Å². The third-order valence-corrected chi connectivity index (χ3v) is 10.3. The third-order valence-electron chi connectivity index (χ3n) is 10.3. The quantitative estimate of drug-likeness (QED) is 0.190. The van der Waals surface area contributed by atoms with E-state index >= 15 is 0 Å². The van der Waals surface area contributed by atoms with Gasteiger partial charge in [0.1, 0.15) is 11.6 Å². The van der Waals surface area contributed by atoms with E-state index in [9.17, 15) is 10.1 Å². The molecular weight excluding hydrogens is 504 g/mol. The standard InChI is InChI=1S/C36H38N4O/c1-23-13-29(17-30(21-37)35(41)38-12-11-28-22-39-34-6-4-3-5-33(28)34)24(2)40(23)32-9-7-31(8-10-32)36-18-25-14-26(19-36)16-27(15-25)20-36/h3-10,13,17,22,25-27,39H,11-12,14-16,18-20H2,1-2H3,(H,38,41)/b30-17+. The van der Waals surface area contributed by atoms with Crippen LogP contribution in [0.25, 0.3) is 22.7 Å². The number of rotatable bonds is 7.